The van der Waals surface area contributed by atoms with Gasteiger partial charge in [0.2, 0.25) is 5.95 Å². The van der Waals surface area contributed by atoms with Gasteiger partial charge in [0.1, 0.15) is 0 Å². The monoisotopic (exact) mass is 893 g/mol. The number of hydrogen-bond acceptors (Lipinski definition) is 4. The highest BCUT2D eigenvalue weighted by Crippen LogP contribution is 2.42. The number of rotatable bonds is 9. The minimum atomic E-state index is 0.542. The summed E-state index contributed by atoms with van der Waals surface area (Å²) in [6.07, 6.45) is 0. The van der Waals surface area contributed by atoms with Crippen LogP contribution in [0.25, 0.3) is 105 Å². The van der Waals surface area contributed by atoms with Crippen molar-refractivity contribution < 1.29 is 0 Å². The van der Waals surface area contributed by atoms with E-state index < -0.39 is 0 Å². The molecule has 0 atom stereocenters. The Balaban J connectivity index is 1.02. The van der Waals surface area contributed by atoms with E-state index in [2.05, 4.69) is 234 Å². The summed E-state index contributed by atoms with van der Waals surface area (Å²) in [6, 6.07) is 92.7. The van der Waals surface area contributed by atoms with Crippen LogP contribution >= 0.6 is 0 Å². The smallest absolute Gasteiger partial charge is 0.238 e. The lowest BCUT2D eigenvalue weighted by molar-refractivity contribution is 0.953. The van der Waals surface area contributed by atoms with Crippen LogP contribution in [-0.2, 0) is 0 Å². The van der Waals surface area contributed by atoms with E-state index in [-0.39, 0.29) is 0 Å². The molecule has 2 heterocycles. The summed E-state index contributed by atoms with van der Waals surface area (Å²) in [7, 11) is 0. The van der Waals surface area contributed by atoms with Crippen molar-refractivity contribution in [2.45, 2.75) is 0 Å². The first-order valence-corrected chi connectivity index (χ1v) is 23.7. The highest BCUT2D eigenvalue weighted by molar-refractivity contribution is 6.11. The quantitative estimate of drug-likeness (QED) is 0.145. The first-order chi connectivity index (χ1) is 34.7. The predicted molar refractivity (Wildman–Crippen MR) is 291 cm³/mol. The number of anilines is 3. The third-order valence-electron chi connectivity index (χ3n) is 13.4. The van der Waals surface area contributed by atoms with E-state index >= 15 is 0 Å². The molecule has 0 unspecified atom stereocenters. The molecule has 0 amide bonds. The van der Waals surface area contributed by atoms with E-state index in [0.29, 0.717) is 17.6 Å². The second-order valence-corrected chi connectivity index (χ2v) is 17.7. The molecule has 0 spiro atoms. The Hall–Kier alpha value is -9.45. The van der Waals surface area contributed by atoms with Gasteiger partial charge in [0.05, 0.1) is 11.0 Å². The van der Waals surface area contributed by atoms with Gasteiger partial charge in [-0.25, -0.2) is 4.98 Å². The van der Waals surface area contributed by atoms with Gasteiger partial charge in [-0.15, -0.1) is 0 Å². The zero-order chi connectivity index (χ0) is 46.4. The Morgan fingerprint density at radius 3 is 1.41 bits per heavy atom. The van der Waals surface area contributed by atoms with Crippen LogP contribution in [0.3, 0.4) is 0 Å². The SMILES string of the molecule is c1ccc(-c2ccc3c4ccc(N(c5ccc(-c6ccc7ccccc7c6)cc5)c5ccc(-c6cccc7ccccc67)cc5)cc4n(-c4nc(-c5ccccc5)nc(-c5ccccc5)n4)c3c2)cc1. The van der Waals surface area contributed by atoms with Gasteiger partial charge < -0.3 is 4.90 Å². The fraction of sp³-hybridized carbons (Fsp3) is 0. The molecule has 0 saturated heterocycles. The largest absolute Gasteiger partial charge is 0.310 e. The van der Waals surface area contributed by atoms with Crippen LogP contribution in [0.5, 0.6) is 0 Å². The zero-order valence-electron chi connectivity index (χ0n) is 38.1. The van der Waals surface area contributed by atoms with Crippen LogP contribution in [-0.4, -0.2) is 19.5 Å². The molecule has 0 bridgehead atoms. The molecule has 0 aliphatic rings. The Morgan fingerprint density at radius 1 is 0.271 bits per heavy atom. The average Bonchev–Trinajstić information content (AvgIpc) is 3.77. The van der Waals surface area contributed by atoms with Crippen molar-refractivity contribution in [1.29, 1.82) is 0 Å². The van der Waals surface area contributed by atoms with Crippen LogP contribution < -0.4 is 4.90 Å². The van der Waals surface area contributed by atoms with E-state index in [1.165, 1.54) is 32.7 Å². The summed E-state index contributed by atoms with van der Waals surface area (Å²) in [5, 5.41) is 7.11. The van der Waals surface area contributed by atoms with Crippen molar-refractivity contribution in [2.75, 3.05) is 4.90 Å². The van der Waals surface area contributed by atoms with Crippen LogP contribution in [0, 0.1) is 0 Å². The lowest BCUT2D eigenvalue weighted by Crippen LogP contribution is -2.10. The molecule has 0 fully saturated rings. The molecule has 0 N–H and O–H groups in total. The minimum absolute atomic E-state index is 0.542. The maximum atomic E-state index is 5.31. The standard InChI is InChI=1S/C65H43N5/c1-4-15-44(16-5-1)53-33-39-59-60-40-38-56(43-62(60)70(61(59)42-53)65-67-63(49-19-6-2-7-20-49)66-64(68-65)50-21-8-3-9-22-50)69(54-34-29-46(30-35-54)52-28-27-45-17-10-11-23-51(45)41-52)55-36-31-48(32-37-55)58-26-14-24-47-18-12-13-25-57(47)58/h1-43H. The van der Waals surface area contributed by atoms with Crippen molar-refractivity contribution >= 4 is 60.4 Å². The molecule has 11 aromatic carbocycles. The summed E-state index contributed by atoms with van der Waals surface area (Å²) in [5.74, 6) is 1.75. The fourth-order valence-corrected chi connectivity index (χ4v) is 9.96. The maximum absolute atomic E-state index is 5.31. The lowest BCUT2D eigenvalue weighted by atomic mass is 9.98. The summed E-state index contributed by atoms with van der Waals surface area (Å²) in [6.45, 7) is 0. The van der Waals surface area contributed by atoms with Gasteiger partial charge in [-0.3, -0.25) is 4.57 Å². The average molecular weight is 894 g/mol. The first kappa shape index (κ1) is 40.8. The molecule has 0 radical (unpaired) electrons. The van der Waals surface area contributed by atoms with Crippen LogP contribution in [0.15, 0.2) is 261 Å². The van der Waals surface area contributed by atoms with E-state index in [1.54, 1.807) is 0 Å². The van der Waals surface area contributed by atoms with Gasteiger partial charge >= 0.3 is 0 Å². The Bertz CT molecular complexity index is 3970. The van der Waals surface area contributed by atoms with Gasteiger partial charge in [-0.1, -0.05) is 212 Å². The van der Waals surface area contributed by atoms with Gasteiger partial charge in [0.15, 0.2) is 11.6 Å². The second kappa shape index (κ2) is 17.3. The van der Waals surface area contributed by atoms with E-state index in [9.17, 15) is 0 Å². The highest BCUT2D eigenvalue weighted by Gasteiger charge is 2.22. The first-order valence-electron chi connectivity index (χ1n) is 23.7. The summed E-state index contributed by atoms with van der Waals surface area (Å²) in [4.78, 5) is 18.1. The summed E-state index contributed by atoms with van der Waals surface area (Å²) < 4.78 is 2.23. The van der Waals surface area contributed by atoms with Crippen LogP contribution in [0.4, 0.5) is 17.1 Å². The molecule has 13 rings (SSSR count). The van der Waals surface area contributed by atoms with Crippen LogP contribution in [0.2, 0.25) is 0 Å². The number of nitrogens with zero attached hydrogens (tertiary/aromatic N) is 5. The highest BCUT2D eigenvalue weighted by atomic mass is 15.2. The predicted octanol–water partition coefficient (Wildman–Crippen LogP) is 17.1. The van der Waals surface area contributed by atoms with Gasteiger partial charge in [-0.05, 0) is 103 Å². The lowest BCUT2D eigenvalue weighted by Gasteiger charge is -2.26. The fourth-order valence-electron chi connectivity index (χ4n) is 9.96. The Labute approximate surface area is 405 Å². The molecular weight excluding hydrogens is 851 g/mol. The minimum Gasteiger partial charge on any atom is -0.310 e. The van der Waals surface area contributed by atoms with E-state index in [0.717, 1.165) is 72.2 Å². The van der Waals surface area contributed by atoms with E-state index in [4.69, 9.17) is 15.0 Å². The molecule has 0 aliphatic heterocycles. The van der Waals surface area contributed by atoms with Crippen molar-refractivity contribution in [3.8, 4) is 62.1 Å². The maximum Gasteiger partial charge on any atom is 0.238 e. The molecule has 328 valence electrons. The third-order valence-corrected chi connectivity index (χ3v) is 13.4. The van der Waals surface area contributed by atoms with E-state index in [1.807, 2.05) is 36.4 Å². The number of benzene rings is 11. The van der Waals surface area contributed by atoms with Gasteiger partial charge in [0, 0.05) is 39.0 Å². The molecule has 5 nitrogen and oxygen atoms in total. The number of fused-ring (bicyclic) bond motifs is 5. The number of aromatic nitrogens is 4. The molecule has 13 aromatic rings. The topological polar surface area (TPSA) is 46.8 Å². The van der Waals surface area contributed by atoms with Crippen molar-refractivity contribution in [3.05, 3.63) is 261 Å². The molecule has 70 heavy (non-hydrogen) atoms. The molecule has 0 aliphatic carbocycles. The zero-order valence-corrected chi connectivity index (χ0v) is 38.1. The van der Waals surface area contributed by atoms with Gasteiger partial charge in [0.25, 0.3) is 0 Å². The van der Waals surface area contributed by atoms with Crippen molar-refractivity contribution in [3.63, 3.8) is 0 Å². The second-order valence-electron chi connectivity index (χ2n) is 17.7. The van der Waals surface area contributed by atoms with Crippen molar-refractivity contribution in [1.82, 2.24) is 19.5 Å². The third kappa shape index (κ3) is 7.43. The molecular formula is C65H43N5. The molecule has 0 saturated carbocycles. The molecule has 2 aromatic heterocycles. The summed E-state index contributed by atoms with van der Waals surface area (Å²) >= 11 is 0. The van der Waals surface area contributed by atoms with Crippen LogP contribution in [0.1, 0.15) is 0 Å². The van der Waals surface area contributed by atoms with Gasteiger partial charge in [-0.2, -0.15) is 9.97 Å². The normalized spacial score (nSPS) is 11.4. The Kier molecular flexibility index (Phi) is 10.1. The Morgan fingerprint density at radius 2 is 0.743 bits per heavy atom. The summed E-state index contributed by atoms with van der Waals surface area (Å²) in [5.41, 5.74) is 13.8. The number of hydrogen-bond donors (Lipinski definition) is 0. The molecule has 5 heteroatoms. The van der Waals surface area contributed by atoms with Crippen molar-refractivity contribution in [2.24, 2.45) is 0 Å².